The molecule has 22 heavy (non-hydrogen) atoms. The summed E-state index contributed by atoms with van der Waals surface area (Å²) < 4.78 is 71.3. The number of hydrogen-bond acceptors (Lipinski definition) is 1. The molecule has 1 nitrogen and oxygen atoms in total. The molecule has 0 aliphatic carbocycles. The van der Waals surface area contributed by atoms with Gasteiger partial charge in [0.25, 0.3) is 0 Å². The maximum atomic E-state index is 14.1. The van der Waals surface area contributed by atoms with E-state index in [2.05, 4.69) is 0 Å². The van der Waals surface area contributed by atoms with Crippen LogP contribution < -0.4 is 4.74 Å². The summed E-state index contributed by atoms with van der Waals surface area (Å²) in [6.07, 6.45) is -2.09. The van der Waals surface area contributed by atoms with Crippen molar-refractivity contribution in [3.63, 3.8) is 0 Å². The minimum absolute atomic E-state index is 0.0370. The quantitative estimate of drug-likeness (QED) is 0.477. The molecule has 0 saturated heterocycles. The highest BCUT2D eigenvalue weighted by molar-refractivity contribution is 5.41. The number of ether oxygens (including phenoxy) is 1. The summed E-state index contributed by atoms with van der Waals surface area (Å²) in [6.45, 7) is 2.79. The number of alkyl halides is 4. The van der Waals surface area contributed by atoms with Crippen molar-refractivity contribution in [2.45, 2.75) is 45.5 Å². The molecule has 1 aromatic carbocycles. The second-order valence-electron chi connectivity index (χ2n) is 4.83. The van der Waals surface area contributed by atoms with Crippen LogP contribution in [0.4, 0.5) is 22.0 Å². The smallest absolute Gasteiger partial charge is 0.422 e. The number of benzene rings is 1. The van der Waals surface area contributed by atoms with Gasteiger partial charge in [0.05, 0.1) is 0 Å². The lowest BCUT2D eigenvalue weighted by Gasteiger charge is -2.17. The molecule has 0 spiro atoms. The molecule has 0 saturated carbocycles. The molecule has 0 aromatic heterocycles. The molecule has 0 radical (unpaired) electrons. The number of aryl methyl sites for hydroxylation is 1. The molecular formula is C16H19F5O. The maximum absolute atomic E-state index is 14.1. The van der Waals surface area contributed by atoms with Crippen LogP contribution in [0.15, 0.2) is 24.3 Å². The number of halogens is 5. The first-order chi connectivity index (χ1) is 10.3. The Hall–Kier alpha value is -1.59. The van der Waals surface area contributed by atoms with Crippen molar-refractivity contribution in [2.24, 2.45) is 0 Å². The summed E-state index contributed by atoms with van der Waals surface area (Å²) in [5, 5.41) is 0. The predicted octanol–water partition coefficient (Wildman–Crippen LogP) is 5.48. The normalized spacial score (nSPS) is 13.6. The zero-order valence-electron chi connectivity index (χ0n) is 12.5. The third-order valence-corrected chi connectivity index (χ3v) is 3.15. The molecule has 0 bridgehead atoms. The van der Waals surface area contributed by atoms with E-state index in [0.29, 0.717) is 6.42 Å². The Kier molecular flexibility index (Phi) is 6.84. The second-order valence-corrected chi connectivity index (χ2v) is 4.83. The fourth-order valence-corrected chi connectivity index (χ4v) is 1.88. The molecule has 1 atom stereocenters. The van der Waals surface area contributed by atoms with Crippen molar-refractivity contribution in [1.29, 1.82) is 0 Å². The summed E-state index contributed by atoms with van der Waals surface area (Å²) in [6, 6.07) is 2.31. The van der Waals surface area contributed by atoms with E-state index in [-0.39, 0.29) is 18.4 Å². The van der Waals surface area contributed by atoms with E-state index >= 15 is 0 Å². The Balaban J connectivity index is 3.09. The summed E-state index contributed by atoms with van der Waals surface area (Å²) >= 11 is 0. The zero-order valence-corrected chi connectivity index (χ0v) is 12.5. The lowest BCUT2D eigenvalue weighted by molar-refractivity contribution is -0.141. The SMILES string of the molecule is C/C=C/CCc1ccc(OCC(F)CC)c(C(F)(F)F)c1F. The summed E-state index contributed by atoms with van der Waals surface area (Å²) in [5.74, 6) is -2.02. The molecule has 1 unspecified atom stereocenters. The average Bonchev–Trinajstić information content (AvgIpc) is 2.45. The fraction of sp³-hybridized carbons (Fsp3) is 0.500. The van der Waals surface area contributed by atoms with Gasteiger partial charge in [-0.1, -0.05) is 25.1 Å². The Labute approximate surface area is 126 Å². The molecule has 1 aromatic rings. The molecule has 0 aliphatic rings. The van der Waals surface area contributed by atoms with E-state index in [1.54, 1.807) is 26.0 Å². The van der Waals surface area contributed by atoms with Crippen LogP contribution in [-0.2, 0) is 12.6 Å². The van der Waals surface area contributed by atoms with Gasteiger partial charge < -0.3 is 4.74 Å². The highest BCUT2D eigenvalue weighted by Crippen LogP contribution is 2.39. The average molecular weight is 322 g/mol. The van der Waals surface area contributed by atoms with Crippen LogP contribution in [0.5, 0.6) is 5.75 Å². The van der Waals surface area contributed by atoms with Crippen molar-refractivity contribution < 1.29 is 26.7 Å². The van der Waals surface area contributed by atoms with Gasteiger partial charge in [-0.15, -0.1) is 0 Å². The van der Waals surface area contributed by atoms with Crippen LogP contribution in [0, 0.1) is 5.82 Å². The first-order valence-electron chi connectivity index (χ1n) is 7.07. The van der Waals surface area contributed by atoms with E-state index in [0.717, 1.165) is 6.07 Å². The lowest BCUT2D eigenvalue weighted by atomic mass is 10.0. The highest BCUT2D eigenvalue weighted by atomic mass is 19.4. The van der Waals surface area contributed by atoms with Crippen LogP contribution in [0.1, 0.15) is 37.8 Å². The number of allylic oxidation sites excluding steroid dienone is 2. The van der Waals surface area contributed by atoms with Gasteiger partial charge in [0, 0.05) is 0 Å². The first kappa shape index (κ1) is 18.5. The van der Waals surface area contributed by atoms with E-state index in [4.69, 9.17) is 4.74 Å². The van der Waals surface area contributed by atoms with Crippen LogP contribution in [0.3, 0.4) is 0 Å². The molecular weight excluding hydrogens is 303 g/mol. The first-order valence-corrected chi connectivity index (χ1v) is 7.07. The molecule has 0 aliphatic heterocycles. The Morgan fingerprint density at radius 3 is 2.50 bits per heavy atom. The van der Waals surface area contributed by atoms with E-state index in [1.165, 1.54) is 6.07 Å². The molecule has 0 fully saturated rings. The largest absolute Gasteiger partial charge is 0.490 e. The van der Waals surface area contributed by atoms with Gasteiger partial charge in [-0.05, 0) is 37.8 Å². The number of hydrogen-bond donors (Lipinski definition) is 0. The molecule has 0 heterocycles. The fourth-order valence-electron chi connectivity index (χ4n) is 1.88. The Morgan fingerprint density at radius 2 is 1.95 bits per heavy atom. The summed E-state index contributed by atoms with van der Waals surface area (Å²) in [5.41, 5.74) is -1.50. The highest BCUT2D eigenvalue weighted by Gasteiger charge is 2.39. The molecule has 1 rings (SSSR count). The van der Waals surface area contributed by atoms with Crippen molar-refractivity contribution in [3.8, 4) is 5.75 Å². The Morgan fingerprint density at radius 1 is 1.27 bits per heavy atom. The topological polar surface area (TPSA) is 9.23 Å². The summed E-state index contributed by atoms with van der Waals surface area (Å²) in [7, 11) is 0. The van der Waals surface area contributed by atoms with Gasteiger partial charge in [-0.25, -0.2) is 8.78 Å². The van der Waals surface area contributed by atoms with Crippen LogP contribution in [0.2, 0.25) is 0 Å². The van der Waals surface area contributed by atoms with Gasteiger partial charge in [0.2, 0.25) is 0 Å². The standard InChI is InChI=1S/C16H19F5O/c1-3-5-6-7-11-8-9-13(22-10-12(17)4-2)14(15(11)18)16(19,20)21/h3,5,8-9,12H,4,6-7,10H2,1-2H3/b5-3+. The third kappa shape index (κ3) is 5.00. The van der Waals surface area contributed by atoms with Crippen molar-refractivity contribution in [3.05, 3.63) is 41.2 Å². The lowest BCUT2D eigenvalue weighted by Crippen LogP contribution is -2.17. The third-order valence-electron chi connectivity index (χ3n) is 3.15. The van der Waals surface area contributed by atoms with Gasteiger partial charge in [-0.3, -0.25) is 0 Å². The molecule has 124 valence electrons. The molecule has 0 amide bonds. The van der Waals surface area contributed by atoms with Gasteiger partial charge in [0.1, 0.15) is 29.9 Å². The number of rotatable bonds is 7. The monoisotopic (exact) mass is 322 g/mol. The van der Waals surface area contributed by atoms with Crippen molar-refractivity contribution in [1.82, 2.24) is 0 Å². The predicted molar refractivity (Wildman–Crippen MR) is 75.2 cm³/mol. The van der Waals surface area contributed by atoms with Crippen molar-refractivity contribution >= 4 is 0 Å². The molecule has 6 heteroatoms. The van der Waals surface area contributed by atoms with Crippen molar-refractivity contribution in [2.75, 3.05) is 6.61 Å². The second kappa shape index (κ2) is 8.15. The van der Waals surface area contributed by atoms with E-state index in [1.807, 2.05) is 0 Å². The van der Waals surface area contributed by atoms with E-state index < -0.39 is 36.1 Å². The van der Waals surface area contributed by atoms with Crippen LogP contribution in [0.25, 0.3) is 0 Å². The molecule has 0 N–H and O–H groups in total. The van der Waals surface area contributed by atoms with Crippen LogP contribution in [-0.4, -0.2) is 12.8 Å². The Bertz CT molecular complexity index is 508. The maximum Gasteiger partial charge on any atom is 0.422 e. The summed E-state index contributed by atoms with van der Waals surface area (Å²) in [4.78, 5) is 0. The van der Waals surface area contributed by atoms with E-state index in [9.17, 15) is 22.0 Å². The minimum atomic E-state index is -4.89. The van der Waals surface area contributed by atoms with Gasteiger partial charge in [-0.2, -0.15) is 13.2 Å². The van der Waals surface area contributed by atoms with Gasteiger partial charge in [0.15, 0.2) is 0 Å². The zero-order chi connectivity index (χ0) is 16.8. The minimum Gasteiger partial charge on any atom is -0.490 e. The van der Waals surface area contributed by atoms with Gasteiger partial charge >= 0.3 is 6.18 Å². The van der Waals surface area contributed by atoms with Crippen LogP contribution >= 0.6 is 0 Å².